The molecule has 4 aromatic carbocycles. The normalized spacial score (nSPS) is 9.52. The molecule has 0 saturated heterocycles. The van der Waals surface area contributed by atoms with Crippen molar-refractivity contribution in [1.82, 2.24) is 0 Å². The second-order valence-electron chi connectivity index (χ2n) is 7.36. The van der Waals surface area contributed by atoms with E-state index >= 15 is 0 Å². The van der Waals surface area contributed by atoms with Crippen LogP contribution in [0.3, 0.4) is 0 Å². The van der Waals surface area contributed by atoms with Gasteiger partial charge in [0.05, 0.1) is 0 Å². The predicted molar refractivity (Wildman–Crippen MR) is 123 cm³/mol. The van der Waals surface area contributed by atoms with Crippen LogP contribution in [0.15, 0.2) is 84.9 Å². The van der Waals surface area contributed by atoms with Gasteiger partial charge in [-0.25, -0.2) is 12.1 Å². The van der Waals surface area contributed by atoms with Crippen LogP contribution < -0.4 is 24.8 Å². The molecule has 1 aromatic heterocycles. The molecule has 0 bridgehead atoms. The van der Waals surface area contributed by atoms with Gasteiger partial charge in [-0.15, -0.1) is 0 Å². The average Bonchev–Trinajstić information content (AvgIpc) is 3.27. The van der Waals surface area contributed by atoms with E-state index in [0.29, 0.717) is 0 Å². The summed E-state index contributed by atoms with van der Waals surface area (Å²) >= 11 is 0. The topological polar surface area (TPSA) is 0 Å². The number of fused-ring (bicyclic) bond motifs is 2. The number of benzene rings is 3. The summed E-state index contributed by atoms with van der Waals surface area (Å²) in [6, 6.07) is 29.7. The number of halogens is 2. The van der Waals surface area contributed by atoms with Crippen LogP contribution in [-0.4, -0.2) is 6.91 Å². The Kier molecular flexibility index (Phi) is 11.0. The van der Waals surface area contributed by atoms with Crippen LogP contribution >= 0.6 is 0 Å². The molecule has 0 aliphatic rings. The summed E-state index contributed by atoms with van der Waals surface area (Å²) in [6.07, 6.45) is 0. The Labute approximate surface area is 217 Å². The minimum absolute atomic E-state index is 0. The van der Waals surface area contributed by atoms with Gasteiger partial charge in [0, 0.05) is 0 Å². The molecule has 0 aliphatic carbocycles. The Hall–Kier alpha value is -1.59. The molecule has 0 N–H and O–H groups in total. The third-order valence-electron chi connectivity index (χ3n) is 5.19. The monoisotopic (exact) mass is 518 g/mol. The van der Waals surface area contributed by atoms with Crippen molar-refractivity contribution in [1.29, 1.82) is 0 Å². The Morgan fingerprint density at radius 2 is 1.39 bits per heavy atom. The van der Waals surface area contributed by atoms with E-state index in [4.69, 9.17) is 0 Å². The fourth-order valence-electron chi connectivity index (χ4n) is 4.11. The first-order valence-corrected chi connectivity index (χ1v) is 9.71. The Bertz CT molecular complexity index is 1150. The second-order valence-corrected chi connectivity index (χ2v) is 7.36. The summed E-state index contributed by atoms with van der Waals surface area (Å²) in [4.78, 5) is 0. The van der Waals surface area contributed by atoms with Gasteiger partial charge in [0.25, 0.3) is 0 Å². The van der Waals surface area contributed by atoms with Crippen molar-refractivity contribution in [2.24, 2.45) is 0 Å². The standard InChI is InChI=1S/C22H18B.C5H5.2ClH.Zr/c1-14-11-15(2)20(16(3)12-14)21-19-9-5-4-7-17(19)13-18-8-6-10-23-22(18)21;1-2-4-5-3-1;;;/h4-9,11-13H,1-3H3;1-5H;2*1H;/q2*-1;;;+4/p-2. The van der Waals surface area contributed by atoms with E-state index in [1.165, 1.54) is 49.3 Å². The summed E-state index contributed by atoms with van der Waals surface area (Å²) < 4.78 is 0. The van der Waals surface area contributed by atoms with Crippen molar-refractivity contribution < 1.29 is 51.0 Å². The van der Waals surface area contributed by atoms with Gasteiger partial charge >= 0.3 is 164 Å². The van der Waals surface area contributed by atoms with Crippen molar-refractivity contribution in [3.63, 3.8) is 0 Å². The Morgan fingerprint density at radius 1 is 0.742 bits per heavy atom. The van der Waals surface area contributed by atoms with Gasteiger partial charge in [0.15, 0.2) is 0 Å². The number of rotatable bonds is 1. The minimum Gasteiger partial charge on any atom is -1.00 e. The van der Waals surface area contributed by atoms with Crippen LogP contribution in [0.4, 0.5) is 0 Å². The third kappa shape index (κ3) is 6.01. The summed E-state index contributed by atoms with van der Waals surface area (Å²) in [7, 11) is 0. The summed E-state index contributed by atoms with van der Waals surface area (Å²) in [6.45, 7) is 8.72. The largest absolute Gasteiger partial charge is 4.00 e. The zero-order valence-electron chi connectivity index (χ0n) is 17.9. The van der Waals surface area contributed by atoms with Gasteiger partial charge < -0.3 is 24.8 Å². The van der Waals surface area contributed by atoms with Crippen LogP contribution in [0.25, 0.3) is 32.6 Å². The van der Waals surface area contributed by atoms with E-state index in [0.717, 1.165) is 0 Å². The van der Waals surface area contributed by atoms with Crippen molar-refractivity contribution in [3.05, 3.63) is 108 Å². The third-order valence-corrected chi connectivity index (χ3v) is 5.19. The first kappa shape index (κ1) is 27.4. The summed E-state index contributed by atoms with van der Waals surface area (Å²) in [5.41, 5.74) is 6.69. The van der Waals surface area contributed by atoms with Crippen molar-refractivity contribution in [3.8, 4) is 11.1 Å². The average molecular weight is 520 g/mol. The SMILES string of the molecule is Cc1cc(C)c(-c2c3b[c-]ccc3cc3ccccc23)c(C)c1.[Cl-].[Cl-].[Zr+4].c1cc[cH-]c1. The zero-order chi connectivity index (χ0) is 19.5. The minimum atomic E-state index is 0. The van der Waals surface area contributed by atoms with E-state index in [1.54, 1.807) is 0 Å². The molecule has 0 saturated carbocycles. The molecule has 5 rings (SSSR count). The molecule has 0 fully saturated rings. The van der Waals surface area contributed by atoms with Crippen molar-refractivity contribution >= 4 is 28.4 Å². The maximum Gasteiger partial charge on any atom is 4.00 e. The van der Waals surface area contributed by atoms with E-state index < -0.39 is 0 Å². The predicted octanol–water partition coefficient (Wildman–Crippen LogP) is 1.13. The zero-order valence-corrected chi connectivity index (χ0v) is 21.9. The Morgan fingerprint density at radius 3 is 2.00 bits per heavy atom. The van der Waals surface area contributed by atoms with E-state index in [2.05, 4.69) is 82.2 Å². The van der Waals surface area contributed by atoms with Gasteiger partial charge in [0.1, 0.15) is 0 Å². The molecule has 0 nitrogen and oxygen atoms in total. The van der Waals surface area contributed by atoms with Gasteiger partial charge in [-0.1, -0.05) is 0 Å². The van der Waals surface area contributed by atoms with E-state index in [1.807, 2.05) is 36.4 Å². The quantitative estimate of drug-likeness (QED) is 0.230. The van der Waals surface area contributed by atoms with Gasteiger partial charge in [-0.2, -0.15) is 18.2 Å². The Balaban J connectivity index is 0.000000534. The molecule has 0 unspecified atom stereocenters. The molecule has 152 valence electrons. The van der Waals surface area contributed by atoms with Crippen LogP contribution in [0.1, 0.15) is 16.7 Å². The molecular formula is C27H23BCl2Zr. The van der Waals surface area contributed by atoms with E-state index in [-0.39, 0.29) is 51.0 Å². The molecule has 0 atom stereocenters. The summed E-state index contributed by atoms with van der Waals surface area (Å²) in [5.74, 6) is 3.26. The first-order valence-electron chi connectivity index (χ1n) is 9.71. The molecule has 0 aliphatic heterocycles. The van der Waals surface area contributed by atoms with Gasteiger partial charge in [-0.3, -0.25) is 0 Å². The van der Waals surface area contributed by atoms with Gasteiger partial charge in [-0.05, 0) is 0 Å². The maximum atomic E-state index is 3.26. The maximum absolute atomic E-state index is 3.26. The van der Waals surface area contributed by atoms with Crippen LogP contribution in [0, 0.1) is 26.7 Å². The second kappa shape index (κ2) is 12.4. The smallest absolute Gasteiger partial charge is 1.00 e. The molecule has 4 heteroatoms. The number of hydrogen-bond acceptors (Lipinski definition) is 0. The fraction of sp³-hybridized carbons (Fsp3) is 0.111. The molecular weight excluding hydrogens is 497 g/mol. The molecule has 5 aromatic rings. The molecule has 0 spiro atoms. The number of hydrogen-bond donors (Lipinski definition) is 0. The number of aryl methyl sites for hydroxylation is 3. The molecule has 1 heterocycles. The van der Waals surface area contributed by atoms with Crippen LogP contribution in [0.5, 0.6) is 0 Å². The molecule has 0 amide bonds. The van der Waals surface area contributed by atoms with Crippen molar-refractivity contribution in [2.45, 2.75) is 20.8 Å². The fourth-order valence-corrected chi connectivity index (χ4v) is 4.11. The van der Waals surface area contributed by atoms with Gasteiger partial charge in [0.2, 0.25) is 0 Å². The summed E-state index contributed by atoms with van der Waals surface area (Å²) in [5, 5.41) is 5.16. The molecule has 0 radical (unpaired) electrons. The van der Waals surface area contributed by atoms with Crippen LogP contribution in [0.2, 0.25) is 0 Å². The molecule has 31 heavy (non-hydrogen) atoms. The first-order chi connectivity index (χ1) is 13.6. The van der Waals surface area contributed by atoms with Crippen LogP contribution in [-0.2, 0) is 26.2 Å². The van der Waals surface area contributed by atoms with Crippen molar-refractivity contribution in [2.75, 3.05) is 0 Å². The van der Waals surface area contributed by atoms with E-state index in [9.17, 15) is 0 Å².